The van der Waals surface area contributed by atoms with Gasteiger partial charge in [0.05, 0.1) is 29.5 Å². The first-order valence-corrected chi connectivity index (χ1v) is 34.1. The first-order chi connectivity index (χ1) is 47.4. The van der Waals surface area contributed by atoms with Crippen molar-refractivity contribution in [1.29, 1.82) is 0 Å². The van der Waals surface area contributed by atoms with Crippen LogP contribution in [0.2, 0.25) is 0 Å². The average molecular weight is 1380 g/mol. The minimum atomic E-state index is -5.15. The fourth-order valence-electron chi connectivity index (χ4n) is 14.2. The number of nitrogens with one attached hydrogen (secondary N) is 1. The van der Waals surface area contributed by atoms with Gasteiger partial charge in [-0.25, -0.2) is 9.18 Å². The molecule has 6 aromatic rings. The monoisotopic (exact) mass is 1370 g/mol. The molecule has 2 atom stereocenters. The highest BCUT2D eigenvalue weighted by atomic mass is 19.4. The predicted molar refractivity (Wildman–Crippen MR) is 363 cm³/mol. The van der Waals surface area contributed by atoms with Crippen molar-refractivity contribution < 1.29 is 68.9 Å². The van der Waals surface area contributed by atoms with Crippen LogP contribution in [-0.4, -0.2) is 190 Å². The molecular formula is C76H89F7N8O8. The van der Waals surface area contributed by atoms with Gasteiger partial charge in [-0.1, -0.05) is 103 Å². The molecule has 1 aliphatic carbocycles. The Morgan fingerprint density at radius 3 is 1.97 bits per heavy atom. The summed E-state index contributed by atoms with van der Waals surface area (Å²) in [7, 11) is 7.40. The molecular weight excluding hydrogens is 1290 g/mol. The maximum absolute atomic E-state index is 14.2. The van der Waals surface area contributed by atoms with Gasteiger partial charge in [-0.05, 0) is 161 Å². The number of hydrogen-bond acceptors (Lipinski definition) is 11. The average Bonchev–Trinajstić information content (AvgIpc) is 1.63. The predicted octanol–water partition coefficient (Wildman–Crippen LogP) is 13.0. The minimum Gasteiger partial charge on any atom is -0.446 e. The SMILES string of the molecule is CN(CCCCCC(=O)N(C)CCN1CCC(OC(=O)Nc2ccccc2-c2ccccc2)CC1)Cc1ccc(C(=O)N(C)CCCN(C)C(=O)CO[C@H]2Cc3ccccc3C23CCN(CC[C@]2(c4ccc(F)cc4)CN(C(=O)c4cc(C(F)(F)F)cc(C(F)(F)F)c4)CO2)CC3)cc1. The molecule has 0 bridgehead atoms. The summed E-state index contributed by atoms with van der Waals surface area (Å²) in [6.45, 7) is 6.24. The Morgan fingerprint density at radius 2 is 1.27 bits per heavy atom. The number of amides is 5. The summed E-state index contributed by atoms with van der Waals surface area (Å²) in [6, 6.07) is 39.6. The number of para-hydroxylation sites is 1. The second kappa shape index (κ2) is 32.8. The lowest BCUT2D eigenvalue weighted by molar-refractivity contribution is -0.143. The van der Waals surface area contributed by atoms with Crippen molar-refractivity contribution >= 4 is 35.4 Å². The van der Waals surface area contributed by atoms with E-state index < -0.39 is 64.6 Å². The lowest BCUT2D eigenvalue weighted by Gasteiger charge is -2.44. The van der Waals surface area contributed by atoms with Gasteiger partial charge in [0.25, 0.3) is 11.8 Å². The topological polar surface area (TPSA) is 148 Å². The molecule has 3 fully saturated rings. The van der Waals surface area contributed by atoms with E-state index in [1.807, 2.05) is 103 Å². The molecule has 1 N–H and O–H groups in total. The van der Waals surface area contributed by atoms with Gasteiger partial charge in [0.15, 0.2) is 0 Å². The van der Waals surface area contributed by atoms with Gasteiger partial charge in [0, 0.05) is 102 Å². The fraction of sp³-hybridized carbons (Fsp3) is 0.461. The van der Waals surface area contributed by atoms with E-state index in [1.54, 1.807) is 23.9 Å². The number of ether oxygens (including phenoxy) is 3. The van der Waals surface area contributed by atoms with Crippen molar-refractivity contribution in [3.63, 3.8) is 0 Å². The molecule has 3 aliphatic heterocycles. The van der Waals surface area contributed by atoms with E-state index in [2.05, 4.69) is 39.2 Å². The lowest BCUT2D eigenvalue weighted by atomic mass is 9.72. The summed E-state index contributed by atoms with van der Waals surface area (Å²) >= 11 is 0. The largest absolute Gasteiger partial charge is 0.446 e. The molecule has 10 rings (SSSR count). The Morgan fingerprint density at radius 1 is 0.636 bits per heavy atom. The second-order valence-corrected chi connectivity index (χ2v) is 26.9. The van der Waals surface area contributed by atoms with Crippen LogP contribution in [0, 0.1) is 5.82 Å². The van der Waals surface area contributed by atoms with Gasteiger partial charge in [-0.3, -0.25) is 24.5 Å². The molecule has 99 heavy (non-hydrogen) atoms. The number of hydrogen-bond donors (Lipinski definition) is 1. The van der Waals surface area contributed by atoms with Crippen molar-refractivity contribution in [2.24, 2.45) is 0 Å². The van der Waals surface area contributed by atoms with Crippen molar-refractivity contribution in [3.05, 3.63) is 196 Å². The van der Waals surface area contributed by atoms with Gasteiger partial charge in [-0.2, -0.15) is 26.3 Å². The summed E-state index contributed by atoms with van der Waals surface area (Å²) in [6.07, 6.45) is -3.81. The van der Waals surface area contributed by atoms with Gasteiger partial charge < -0.3 is 48.5 Å². The maximum Gasteiger partial charge on any atom is 0.416 e. The smallest absolute Gasteiger partial charge is 0.416 e. The Bertz CT molecular complexity index is 3680. The molecule has 0 radical (unpaired) electrons. The molecule has 3 saturated heterocycles. The number of fused-ring (bicyclic) bond motifs is 2. The van der Waals surface area contributed by atoms with Crippen LogP contribution in [-0.2, 0) is 60.1 Å². The molecule has 1 spiro atoms. The standard InChI is InChI=1S/C76H89F7N8O8/c1-85(36-14-6-9-22-68(92)87(3)44-45-89-39-31-63(32-40-89)99-72(96)84-66-21-13-11-19-64(66)55-16-7-5-8-17-55)50-54-23-25-56(26-24-54)70(94)88(4)38-15-37-86(2)69(93)51-97-67-48-57-18-10-12-20-65(57)73(67)33-41-90(42-34-73)43-35-74(59-27-29-62(77)30-28-59)52-91(53-98-74)71(95)58-46-60(75(78,79)80)49-61(47-58)76(81,82)83/h5,7-8,10-13,16-21,23-30,46-47,49,63,67H,6,9,14-15,22,31-45,48,50-53H2,1-4H3,(H,84,96)/t67-,74+/m0/s1. The zero-order valence-corrected chi connectivity index (χ0v) is 56.7. The minimum absolute atomic E-state index is 0.0273. The highest BCUT2D eigenvalue weighted by Crippen LogP contribution is 2.49. The van der Waals surface area contributed by atoms with E-state index in [9.17, 15) is 54.7 Å². The number of halogens is 7. The molecule has 530 valence electrons. The van der Waals surface area contributed by atoms with Gasteiger partial charge >= 0.3 is 18.4 Å². The molecule has 5 amide bonds. The van der Waals surface area contributed by atoms with Crippen LogP contribution >= 0.6 is 0 Å². The zero-order chi connectivity index (χ0) is 70.5. The van der Waals surface area contributed by atoms with E-state index in [0.29, 0.717) is 107 Å². The molecule has 0 aromatic heterocycles. The first kappa shape index (κ1) is 73.5. The fourth-order valence-corrected chi connectivity index (χ4v) is 14.2. The number of rotatable bonds is 27. The molecule has 6 aromatic carbocycles. The van der Waals surface area contributed by atoms with Crippen LogP contribution in [0.25, 0.3) is 11.1 Å². The van der Waals surface area contributed by atoms with Crippen molar-refractivity contribution in [3.8, 4) is 11.1 Å². The Labute approximate surface area is 574 Å². The maximum atomic E-state index is 14.2. The number of alkyl halides is 6. The molecule has 16 nitrogen and oxygen atoms in total. The number of piperidine rings is 2. The molecule has 0 saturated carbocycles. The highest BCUT2D eigenvalue weighted by molar-refractivity contribution is 5.95. The third kappa shape index (κ3) is 19.0. The summed E-state index contributed by atoms with van der Waals surface area (Å²) < 4.78 is 116. The van der Waals surface area contributed by atoms with E-state index >= 15 is 0 Å². The van der Waals surface area contributed by atoms with E-state index in [4.69, 9.17) is 14.2 Å². The molecule has 0 unspecified atom stereocenters. The van der Waals surface area contributed by atoms with Gasteiger partial charge in [0.1, 0.15) is 30.9 Å². The van der Waals surface area contributed by atoms with Crippen LogP contribution in [0.4, 0.5) is 41.2 Å². The lowest BCUT2D eigenvalue weighted by Crippen LogP contribution is -2.50. The summed E-state index contributed by atoms with van der Waals surface area (Å²) in [4.78, 5) is 79.8. The van der Waals surface area contributed by atoms with E-state index in [0.717, 1.165) is 85.4 Å². The Hall–Kier alpha value is -8.22. The quantitative estimate of drug-likeness (QED) is 0.0388. The van der Waals surface area contributed by atoms with Crippen molar-refractivity contribution in [2.45, 2.75) is 113 Å². The van der Waals surface area contributed by atoms with Gasteiger partial charge in [-0.15, -0.1) is 0 Å². The van der Waals surface area contributed by atoms with Crippen molar-refractivity contribution in [1.82, 2.24) is 34.3 Å². The first-order valence-electron chi connectivity index (χ1n) is 34.1. The number of benzene rings is 6. The Kier molecular flexibility index (Phi) is 24.4. The number of anilines is 1. The number of nitrogens with zero attached hydrogens (tertiary/aromatic N) is 7. The second-order valence-electron chi connectivity index (χ2n) is 26.9. The van der Waals surface area contributed by atoms with Crippen molar-refractivity contribution in [2.75, 3.05) is 119 Å². The van der Waals surface area contributed by atoms with Crippen LogP contribution in [0.3, 0.4) is 0 Å². The number of carbonyl (C=O) groups excluding carboxylic acids is 5. The normalized spacial score (nSPS) is 18.1. The number of likely N-dealkylation sites (tertiary alicyclic amines) is 2. The van der Waals surface area contributed by atoms with Gasteiger partial charge in [0.2, 0.25) is 11.8 Å². The number of likely N-dealkylation sites (N-methyl/N-ethyl adjacent to an activating group) is 2. The third-order valence-corrected chi connectivity index (χ3v) is 20.1. The summed E-state index contributed by atoms with van der Waals surface area (Å²) in [5.41, 5.74) is 1.43. The summed E-state index contributed by atoms with van der Waals surface area (Å²) in [5.74, 6) is -1.78. The van der Waals surface area contributed by atoms with Crippen LogP contribution < -0.4 is 5.32 Å². The summed E-state index contributed by atoms with van der Waals surface area (Å²) in [5, 5.41) is 2.94. The number of unbranched alkanes of at least 4 members (excludes halogenated alkanes) is 2. The van der Waals surface area contributed by atoms with Crippen LogP contribution in [0.5, 0.6) is 0 Å². The highest BCUT2D eigenvalue weighted by Gasteiger charge is 2.50. The van der Waals surface area contributed by atoms with Crippen LogP contribution in [0.1, 0.15) is 118 Å². The number of carbonyl (C=O) groups is 5. The van der Waals surface area contributed by atoms with Crippen LogP contribution in [0.15, 0.2) is 146 Å². The van der Waals surface area contributed by atoms with E-state index in [-0.39, 0.29) is 55.6 Å². The Balaban J connectivity index is 0.603. The van der Waals surface area contributed by atoms with E-state index in [1.165, 1.54) is 29.8 Å². The molecule has 23 heteroatoms. The molecule has 3 heterocycles. The zero-order valence-electron chi connectivity index (χ0n) is 56.7. The third-order valence-electron chi connectivity index (χ3n) is 20.1. The molecule has 4 aliphatic rings.